The van der Waals surface area contributed by atoms with Crippen molar-refractivity contribution in [3.05, 3.63) is 53.6 Å². The van der Waals surface area contributed by atoms with Crippen molar-refractivity contribution in [3.8, 4) is 0 Å². The van der Waals surface area contributed by atoms with E-state index < -0.39 is 18.3 Å². The summed E-state index contributed by atoms with van der Waals surface area (Å²) in [5.74, 6) is 0.521. The van der Waals surface area contributed by atoms with Crippen LogP contribution in [0.1, 0.15) is 52.9 Å². The summed E-state index contributed by atoms with van der Waals surface area (Å²) in [5, 5.41) is 1.36. The highest BCUT2D eigenvalue weighted by atomic mass is 19.1. The standard InChI is InChI=1S/C23H24BFN2O2.C2H6/c1-13-7-9-16-18(11-13)26-14(2)27-19-10-8-15(12-17(19)20(25)21(16)27)24-28-22(3,4)23(5,6)29-24;1-2/h7-12H,1-6H3;1-2H3. The molecule has 4 nitrogen and oxygen atoms in total. The first-order valence-corrected chi connectivity index (χ1v) is 11.0. The maximum absolute atomic E-state index is 15.7. The van der Waals surface area contributed by atoms with Crippen LogP contribution in [0, 0.1) is 19.7 Å². The van der Waals surface area contributed by atoms with Crippen LogP contribution in [-0.2, 0) is 9.31 Å². The fraction of sp³-hybridized carbons (Fsp3) is 0.400. The van der Waals surface area contributed by atoms with E-state index in [2.05, 4.69) is 0 Å². The van der Waals surface area contributed by atoms with Crippen LogP contribution < -0.4 is 5.46 Å². The van der Waals surface area contributed by atoms with Crippen molar-refractivity contribution < 1.29 is 13.7 Å². The Morgan fingerprint density at radius 3 is 2.19 bits per heavy atom. The van der Waals surface area contributed by atoms with Gasteiger partial charge in [0.1, 0.15) is 5.82 Å². The Kier molecular flexibility index (Phi) is 5.14. The molecule has 1 saturated heterocycles. The van der Waals surface area contributed by atoms with Crippen molar-refractivity contribution >= 4 is 39.9 Å². The normalized spacial score (nSPS) is 17.4. The van der Waals surface area contributed by atoms with E-state index in [0.29, 0.717) is 10.9 Å². The first kappa shape index (κ1) is 21.8. The minimum atomic E-state index is -0.523. The summed E-state index contributed by atoms with van der Waals surface area (Å²) >= 11 is 0. The largest absolute Gasteiger partial charge is 0.494 e. The SMILES string of the molecule is CC.Cc1ccc2c(c1)nc(C)n1c3ccc(B4OC(C)(C)C(C)(C)O4)cc3c(F)c21. The van der Waals surface area contributed by atoms with Gasteiger partial charge in [0, 0.05) is 10.8 Å². The summed E-state index contributed by atoms with van der Waals surface area (Å²) in [6, 6.07) is 11.7. The van der Waals surface area contributed by atoms with E-state index in [1.54, 1.807) is 0 Å². The molecular weight excluding hydrogens is 390 g/mol. The fourth-order valence-corrected chi connectivity index (χ4v) is 4.13. The lowest BCUT2D eigenvalue weighted by molar-refractivity contribution is 0.00578. The Labute approximate surface area is 183 Å². The van der Waals surface area contributed by atoms with E-state index in [0.717, 1.165) is 33.3 Å². The number of aryl methyl sites for hydroxylation is 2. The lowest BCUT2D eigenvalue weighted by atomic mass is 9.78. The van der Waals surface area contributed by atoms with Crippen LogP contribution >= 0.6 is 0 Å². The molecule has 0 atom stereocenters. The van der Waals surface area contributed by atoms with Crippen molar-refractivity contribution in [1.82, 2.24) is 9.38 Å². The summed E-state index contributed by atoms with van der Waals surface area (Å²) in [6.45, 7) is 16.0. The van der Waals surface area contributed by atoms with Gasteiger partial charge in [-0.15, -0.1) is 0 Å². The van der Waals surface area contributed by atoms with Crippen LogP contribution in [0.4, 0.5) is 4.39 Å². The molecule has 0 radical (unpaired) electrons. The second-order valence-corrected chi connectivity index (χ2v) is 9.04. The number of rotatable bonds is 1. The minimum Gasteiger partial charge on any atom is -0.399 e. The first-order chi connectivity index (χ1) is 14.6. The molecule has 4 aromatic rings. The number of fused-ring (bicyclic) bond motifs is 5. The van der Waals surface area contributed by atoms with Gasteiger partial charge in [-0.05, 0) is 64.7 Å². The van der Waals surface area contributed by atoms with Gasteiger partial charge in [-0.1, -0.05) is 38.1 Å². The zero-order chi connectivity index (χ0) is 22.7. The topological polar surface area (TPSA) is 35.8 Å². The fourth-order valence-electron chi connectivity index (χ4n) is 4.13. The molecule has 0 aliphatic carbocycles. The average molecular weight is 420 g/mol. The molecule has 1 aliphatic rings. The number of benzene rings is 2. The monoisotopic (exact) mass is 420 g/mol. The highest BCUT2D eigenvalue weighted by molar-refractivity contribution is 6.62. The van der Waals surface area contributed by atoms with E-state index in [9.17, 15) is 0 Å². The molecule has 5 rings (SSSR count). The van der Waals surface area contributed by atoms with Gasteiger partial charge >= 0.3 is 7.12 Å². The number of hydrogen-bond acceptors (Lipinski definition) is 3. The molecule has 0 saturated carbocycles. The van der Waals surface area contributed by atoms with Gasteiger partial charge < -0.3 is 9.31 Å². The average Bonchev–Trinajstić information content (AvgIpc) is 3.13. The van der Waals surface area contributed by atoms with Gasteiger partial charge in [0.25, 0.3) is 0 Å². The van der Waals surface area contributed by atoms with Crippen molar-refractivity contribution in [2.75, 3.05) is 0 Å². The molecule has 1 fully saturated rings. The number of halogens is 1. The van der Waals surface area contributed by atoms with Crippen LogP contribution in [-0.4, -0.2) is 27.7 Å². The third kappa shape index (κ3) is 3.24. The third-order valence-corrected chi connectivity index (χ3v) is 6.47. The lowest BCUT2D eigenvalue weighted by Gasteiger charge is -2.32. The molecule has 1 aliphatic heterocycles. The maximum Gasteiger partial charge on any atom is 0.494 e. The molecular formula is C25H30BFN2O2. The summed E-state index contributed by atoms with van der Waals surface area (Å²) < 4.78 is 29.9. The molecule has 0 spiro atoms. The summed E-state index contributed by atoms with van der Waals surface area (Å²) in [5.41, 5.74) is 3.21. The van der Waals surface area contributed by atoms with Crippen molar-refractivity contribution in [1.29, 1.82) is 0 Å². The molecule has 162 valence electrons. The molecule has 0 amide bonds. The maximum atomic E-state index is 15.7. The Bertz CT molecular complexity index is 1290. The molecule has 2 aromatic heterocycles. The summed E-state index contributed by atoms with van der Waals surface area (Å²) in [7, 11) is -0.523. The second-order valence-electron chi connectivity index (χ2n) is 9.04. The lowest BCUT2D eigenvalue weighted by Crippen LogP contribution is -2.41. The van der Waals surface area contributed by atoms with Crippen molar-refractivity contribution in [3.63, 3.8) is 0 Å². The van der Waals surface area contributed by atoms with Gasteiger partial charge in [0.15, 0.2) is 5.82 Å². The van der Waals surface area contributed by atoms with Crippen LogP contribution in [0.3, 0.4) is 0 Å². The van der Waals surface area contributed by atoms with Crippen molar-refractivity contribution in [2.24, 2.45) is 0 Å². The predicted molar refractivity (Wildman–Crippen MR) is 127 cm³/mol. The van der Waals surface area contributed by atoms with Crippen LogP contribution in [0.25, 0.3) is 27.3 Å². The third-order valence-electron chi connectivity index (χ3n) is 6.47. The highest BCUT2D eigenvalue weighted by Crippen LogP contribution is 2.37. The Hall–Kier alpha value is -2.44. The molecule has 6 heteroatoms. The molecule has 0 N–H and O–H groups in total. The van der Waals surface area contributed by atoms with Crippen LogP contribution in [0.5, 0.6) is 0 Å². The van der Waals surface area contributed by atoms with Crippen LogP contribution in [0.2, 0.25) is 0 Å². The van der Waals surface area contributed by atoms with Gasteiger partial charge in [-0.2, -0.15) is 0 Å². The molecule has 0 bridgehead atoms. The smallest absolute Gasteiger partial charge is 0.399 e. The van der Waals surface area contributed by atoms with Gasteiger partial charge in [-0.3, -0.25) is 4.40 Å². The molecule has 2 aromatic carbocycles. The highest BCUT2D eigenvalue weighted by Gasteiger charge is 2.51. The number of aromatic nitrogens is 2. The zero-order valence-corrected chi connectivity index (χ0v) is 19.6. The quantitative estimate of drug-likeness (QED) is 0.370. The second kappa shape index (κ2) is 7.32. The van der Waals surface area contributed by atoms with Gasteiger partial charge in [0.05, 0.1) is 27.8 Å². The van der Waals surface area contributed by atoms with Gasteiger partial charge in [0.2, 0.25) is 0 Å². The zero-order valence-electron chi connectivity index (χ0n) is 19.6. The summed E-state index contributed by atoms with van der Waals surface area (Å²) in [6.07, 6.45) is 0. The van der Waals surface area contributed by atoms with E-state index in [1.165, 1.54) is 0 Å². The van der Waals surface area contributed by atoms with Crippen molar-refractivity contribution in [2.45, 2.75) is 66.6 Å². The van der Waals surface area contributed by atoms with E-state index in [-0.39, 0.29) is 5.82 Å². The Balaban J connectivity index is 0.00000112. The Morgan fingerprint density at radius 2 is 1.55 bits per heavy atom. The Morgan fingerprint density at radius 1 is 0.903 bits per heavy atom. The van der Waals surface area contributed by atoms with E-state index in [1.807, 2.05) is 96.2 Å². The van der Waals surface area contributed by atoms with E-state index in [4.69, 9.17) is 14.3 Å². The van der Waals surface area contributed by atoms with Crippen LogP contribution in [0.15, 0.2) is 36.4 Å². The predicted octanol–water partition coefficient (Wildman–Crippen LogP) is 5.72. The first-order valence-electron chi connectivity index (χ1n) is 11.0. The molecule has 3 heterocycles. The number of hydrogen-bond donors (Lipinski definition) is 0. The number of nitrogens with zero attached hydrogens (tertiary/aromatic N) is 2. The van der Waals surface area contributed by atoms with Gasteiger partial charge in [-0.25, -0.2) is 9.37 Å². The molecule has 31 heavy (non-hydrogen) atoms. The van der Waals surface area contributed by atoms with E-state index >= 15 is 4.39 Å². The summed E-state index contributed by atoms with van der Waals surface area (Å²) in [4.78, 5) is 4.71. The minimum absolute atomic E-state index is 0.238. The molecule has 0 unspecified atom stereocenters.